The van der Waals surface area contributed by atoms with Crippen LogP contribution in [-0.2, 0) is 13.2 Å². The molecule has 0 fully saturated rings. The number of hydrogen-bond donors (Lipinski definition) is 1. The second-order valence-electron chi connectivity index (χ2n) is 10.5. The van der Waals surface area contributed by atoms with Crippen LogP contribution in [0, 0.1) is 0 Å². The molecule has 4 rings (SSSR count). The maximum Gasteiger partial charge on any atom is 0.339 e. The molecular weight excluding hydrogens is 518 g/mol. The summed E-state index contributed by atoms with van der Waals surface area (Å²) in [7, 11) is 0. The van der Waals surface area contributed by atoms with E-state index in [1.807, 2.05) is 12.1 Å². The summed E-state index contributed by atoms with van der Waals surface area (Å²) in [5.74, 6) is -0.146. The van der Waals surface area contributed by atoms with E-state index in [0.717, 1.165) is 23.2 Å². The predicted octanol–water partition coefficient (Wildman–Crippen LogP) is 9.60. The van der Waals surface area contributed by atoms with Crippen molar-refractivity contribution in [3.63, 3.8) is 0 Å². The molecule has 0 radical (unpaired) electrons. The van der Waals surface area contributed by atoms with E-state index in [9.17, 15) is 9.90 Å². The third-order valence-corrected chi connectivity index (χ3v) is 7.67. The maximum atomic E-state index is 11.5. The van der Waals surface area contributed by atoms with E-state index in [2.05, 4.69) is 93.3 Å². The van der Waals surface area contributed by atoms with Gasteiger partial charge >= 0.3 is 5.97 Å². The lowest BCUT2D eigenvalue weighted by Crippen LogP contribution is -2.30. The van der Waals surface area contributed by atoms with Crippen LogP contribution < -0.4 is 9.64 Å². The first-order valence-corrected chi connectivity index (χ1v) is 14.4. The molecule has 0 amide bonds. The van der Waals surface area contributed by atoms with Gasteiger partial charge in [-0.05, 0) is 96.8 Å². The molecule has 4 aromatic rings. The summed E-state index contributed by atoms with van der Waals surface area (Å²) in [6, 6.07) is 31.0. The summed E-state index contributed by atoms with van der Waals surface area (Å²) in [6.45, 7) is 10.1. The number of hydrogen-bond acceptors (Lipinski definition) is 3. The number of rotatable bonds is 12. The predicted molar refractivity (Wildman–Crippen MR) is 166 cm³/mol. The van der Waals surface area contributed by atoms with Gasteiger partial charge in [-0.1, -0.05) is 80.0 Å². The molecule has 1 N–H and O–H groups in total. The molecule has 0 aliphatic carbocycles. The molecule has 4 aromatic carbocycles. The molecule has 40 heavy (non-hydrogen) atoms. The van der Waals surface area contributed by atoms with E-state index < -0.39 is 5.97 Å². The number of carboxylic acid groups (broad SMARTS) is 1. The molecule has 208 valence electrons. The lowest BCUT2D eigenvalue weighted by molar-refractivity contribution is 0.0691. The Balaban J connectivity index is 1.46. The van der Waals surface area contributed by atoms with Crippen molar-refractivity contribution < 1.29 is 14.6 Å². The Morgan fingerprint density at radius 1 is 0.850 bits per heavy atom. The van der Waals surface area contributed by atoms with Gasteiger partial charge in [0.25, 0.3) is 0 Å². The molecule has 0 aromatic heterocycles. The van der Waals surface area contributed by atoms with Crippen LogP contribution in [0.15, 0.2) is 91.0 Å². The SMILES string of the molecule is CCC(CC)c1ccc(N(Cc2cccc(-c3ccc(COc4ccc(Cl)cc4C(=O)O)cc3)c2)C(C)C)cc1. The number of ether oxygens (including phenoxy) is 1. The van der Waals surface area contributed by atoms with Crippen LogP contribution in [0.25, 0.3) is 11.1 Å². The highest BCUT2D eigenvalue weighted by Gasteiger charge is 2.15. The van der Waals surface area contributed by atoms with E-state index in [-0.39, 0.29) is 12.2 Å². The number of aromatic carboxylic acids is 1. The van der Waals surface area contributed by atoms with Crippen LogP contribution in [-0.4, -0.2) is 17.1 Å². The van der Waals surface area contributed by atoms with E-state index >= 15 is 0 Å². The fourth-order valence-electron chi connectivity index (χ4n) is 5.07. The summed E-state index contributed by atoms with van der Waals surface area (Å²) < 4.78 is 5.80. The highest BCUT2D eigenvalue weighted by Crippen LogP contribution is 2.29. The molecule has 0 saturated carbocycles. The van der Waals surface area contributed by atoms with E-state index in [4.69, 9.17) is 16.3 Å². The Hall–Kier alpha value is -3.76. The van der Waals surface area contributed by atoms with Gasteiger partial charge in [-0.2, -0.15) is 0 Å². The van der Waals surface area contributed by atoms with Crippen LogP contribution in [0.4, 0.5) is 5.69 Å². The van der Waals surface area contributed by atoms with E-state index in [0.29, 0.717) is 22.7 Å². The van der Waals surface area contributed by atoms with Crippen molar-refractivity contribution in [1.82, 2.24) is 0 Å². The van der Waals surface area contributed by atoms with E-state index in [1.165, 1.54) is 35.7 Å². The Labute approximate surface area is 243 Å². The van der Waals surface area contributed by atoms with Gasteiger partial charge in [0.15, 0.2) is 0 Å². The van der Waals surface area contributed by atoms with Gasteiger partial charge in [-0.15, -0.1) is 0 Å². The summed E-state index contributed by atoms with van der Waals surface area (Å²) in [5, 5.41) is 9.79. The lowest BCUT2D eigenvalue weighted by Gasteiger charge is -2.30. The summed E-state index contributed by atoms with van der Waals surface area (Å²) in [6.07, 6.45) is 2.33. The van der Waals surface area contributed by atoms with Crippen molar-refractivity contribution in [2.45, 2.75) is 65.6 Å². The van der Waals surface area contributed by atoms with Crippen LogP contribution in [0.5, 0.6) is 5.75 Å². The molecule has 0 saturated heterocycles. The van der Waals surface area contributed by atoms with Gasteiger partial charge in [0.2, 0.25) is 0 Å². The summed E-state index contributed by atoms with van der Waals surface area (Å²) in [4.78, 5) is 14.0. The quantitative estimate of drug-likeness (QED) is 0.189. The topological polar surface area (TPSA) is 49.8 Å². The molecular formula is C35H38ClNO3. The first-order valence-electron chi connectivity index (χ1n) is 14.0. The third kappa shape index (κ3) is 7.25. The highest BCUT2D eigenvalue weighted by atomic mass is 35.5. The number of nitrogens with zero attached hydrogens (tertiary/aromatic N) is 1. The standard InChI is InChI=1S/C35H38ClNO3/c1-5-27(6-2)28-14-17-32(18-15-28)37(24(3)4)22-26-8-7-9-30(20-26)29-12-10-25(11-13-29)23-40-34-19-16-31(36)21-33(34)35(38)39/h7-21,24,27H,5-6,22-23H2,1-4H3,(H,38,39). The van der Waals surface area contributed by atoms with Crippen molar-refractivity contribution in [3.8, 4) is 16.9 Å². The van der Waals surface area contributed by atoms with Crippen molar-refractivity contribution >= 4 is 23.3 Å². The zero-order valence-corrected chi connectivity index (χ0v) is 24.5. The Kier molecular flexibility index (Phi) is 9.89. The van der Waals surface area contributed by atoms with Crippen LogP contribution >= 0.6 is 11.6 Å². The fraction of sp³-hybridized carbons (Fsp3) is 0.286. The van der Waals surface area contributed by atoms with Crippen LogP contribution in [0.2, 0.25) is 5.02 Å². The number of carbonyl (C=O) groups is 1. The van der Waals surface area contributed by atoms with Crippen LogP contribution in [0.3, 0.4) is 0 Å². The molecule has 0 aliphatic heterocycles. The normalized spacial score (nSPS) is 11.2. The molecule has 4 nitrogen and oxygen atoms in total. The molecule has 0 atom stereocenters. The Morgan fingerprint density at radius 3 is 2.17 bits per heavy atom. The van der Waals surface area contributed by atoms with Crippen molar-refractivity contribution in [2.75, 3.05) is 4.90 Å². The summed E-state index contributed by atoms with van der Waals surface area (Å²) >= 11 is 5.94. The van der Waals surface area contributed by atoms with Crippen molar-refractivity contribution in [2.24, 2.45) is 0 Å². The largest absolute Gasteiger partial charge is 0.488 e. The Morgan fingerprint density at radius 2 is 1.55 bits per heavy atom. The monoisotopic (exact) mass is 555 g/mol. The fourth-order valence-corrected chi connectivity index (χ4v) is 5.24. The highest BCUT2D eigenvalue weighted by molar-refractivity contribution is 6.31. The molecule has 0 unspecified atom stereocenters. The van der Waals surface area contributed by atoms with Gasteiger partial charge in [-0.25, -0.2) is 4.79 Å². The lowest BCUT2D eigenvalue weighted by atomic mass is 9.94. The molecule has 0 spiro atoms. The first kappa shape index (κ1) is 29.2. The number of benzene rings is 4. The zero-order chi connectivity index (χ0) is 28.6. The number of carboxylic acids is 1. The second kappa shape index (κ2) is 13.5. The maximum absolute atomic E-state index is 11.5. The van der Waals surface area contributed by atoms with E-state index in [1.54, 1.807) is 12.1 Å². The first-order chi connectivity index (χ1) is 19.3. The van der Waals surface area contributed by atoms with Gasteiger partial charge < -0.3 is 14.7 Å². The average Bonchev–Trinajstić information content (AvgIpc) is 2.96. The minimum Gasteiger partial charge on any atom is -0.488 e. The smallest absolute Gasteiger partial charge is 0.339 e. The minimum atomic E-state index is -1.07. The van der Waals surface area contributed by atoms with Gasteiger partial charge in [0, 0.05) is 23.3 Å². The Bertz CT molecular complexity index is 1410. The average molecular weight is 556 g/mol. The molecule has 5 heteroatoms. The minimum absolute atomic E-state index is 0.0541. The number of anilines is 1. The summed E-state index contributed by atoms with van der Waals surface area (Å²) in [5.41, 5.74) is 7.20. The van der Waals surface area contributed by atoms with Crippen molar-refractivity contribution in [1.29, 1.82) is 0 Å². The molecule has 0 heterocycles. The second-order valence-corrected chi connectivity index (χ2v) is 10.9. The molecule has 0 aliphatic rings. The van der Waals surface area contributed by atoms with Gasteiger partial charge in [0.05, 0.1) is 0 Å². The van der Waals surface area contributed by atoms with Crippen molar-refractivity contribution in [3.05, 3.63) is 118 Å². The van der Waals surface area contributed by atoms with Crippen LogP contribution in [0.1, 0.15) is 73.5 Å². The number of halogens is 1. The molecule has 0 bridgehead atoms. The third-order valence-electron chi connectivity index (χ3n) is 7.44. The van der Waals surface area contributed by atoms with Gasteiger partial charge in [0.1, 0.15) is 17.9 Å². The van der Waals surface area contributed by atoms with Gasteiger partial charge in [-0.3, -0.25) is 0 Å². The zero-order valence-electron chi connectivity index (χ0n) is 23.7.